The normalized spacial score (nSPS) is 21.4. The molecule has 1 atom stereocenters. The first-order chi connectivity index (χ1) is 15.8. The van der Waals surface area contributed by atoms with E-state index in [1.807, 2.05) is 24.3 Å². The molecule has 1 unspecified atom stereocenters. The van der Waals surface area contributed by atoms with Crippen LogP contribution in [0.5, 0.6) is 0 Å². The maximum absolute atomic E-state index is 13.1. The van der Waals surface area contributed by atoms with Crippen molar-refractivity contribution in [2.24, 2.45) is 0 Å². The molecule has 0 aromatic heterocycles. The quantitative estimate of drug-likeness (QED) is 0.615. The van der Waals surface area contributed by atoms with Crippen molar-refractivity contribution in [3.8, 4) is 0 Å². The number of hydrogen-bond acceptors (Lipinski definition) is 5. The molecular weight excluding hydrogens is 490 g/mol. The van der Waals surface area contributed by atoms with Crippen LogP contribution in [-0.2, 0) is 15.1 Å². The van der Waals surface area contributed by atoms with E-state index in [2.05, 4.69) is 26.6 Å². The molecule has 1 saturated carbocycles. The van der Waals surface area contributed by atoms with Gasteiger partial charge >= 0.3 is 0 Å². The van der Waals surface area contributed by atoms with Crippen LogP contribution in [0.4, 0.5) is 0 Å². The molecule has 1 saturated heterocycles. The minimum absolute atomic E-state index is 0.0512. The summed E-state index contributed by atoms with van der Waals surface area (Å²) in [6.45, 7) is 0. The van der Waals surface area contributed by atoms with E-state index in [0.717, 1.165) is 34.2 Å². The van der Waals surface area contributed by atoms with Gasteiger partial charge in [0.15, 0.2) is 0 Å². The third-order valence-corrected chi connectivity index (χ3v) is 7.19. The number of fused-ring (bicyclic) bond motifs is 1. The van der Waals surface area contributed by atoms with E-state index in [0.29, 0.717) is 0 Å². The van der Waals surface area contributed by atoms with Gasteiger partial charge in [0.25, 0.3) is 17.7 Å². The summed E-state index contributed by atoms with van der Waals surface area (Å²) in [5.74, 6) is -2.66. The Balaban J connectivity index is 1.39. The van der Waals surface area contributed by atoms with Gasteiger partial charge in [0.05, 0.1) is 16.7 Å². The maximum atomic E-state index is 13.1. The van der Waals surface area contributed by atoms with Gasteiger partial charge in [-0.15, -0.1) is 0 Å². The van der Waals surface area contributed by atoms with Gasteiger partial charge in [-0.1, -0.05) is 28.1 Å². The molecule has 3 aliphatic rings. The van der Waals surface area contributed by atoms with Crippen LogP contribution in [0.15, 0.2) is 46.9 Å². The van der Waals surface area contributed by atoms with Crippen molar-refractivity contribution < 1.29 is 24.0 Å². The van der Waals surface area contributed by atoms with Gasteiger partial charge < -0.3 is 5.32 Å². The van der Waals surface area contributed by atoms with E-state index in [4.69, 9.17) is 0 Å². The molecule has 0 radical (unpaired) electrons. The highest BCUT2D eigenvalue weighted by Gasteiger charge is 2.45. The fourth-order valence-electron chi connectivity index (χ4n) is 4.69. The number of nitrogens with zero attached hydrogens (tertiary/aromatic N) is 1. The van der Waals surface area contributed by atoms with E-state index in [1.165, 1.54) is 18.2 Å². The van der Waals surface area contributed by atoms with Crippen LogP contribution in [0.2, 0.25) is 0 Å². The number of amides is 5. The summed E-state index contributed by atoms with van der Waals surface area (Å²) in [7, 11) is 0. The van der Waals surface area contributed by atoms with Crippen molar-refractivity contribution in [1.82, 2.24) is 15.5 Å². The minimum atomic E-state index is -1.04. The fourth-order valence-corrected chi connectivity index (χ4v) is 4.95. The second kappa shape index (κ2) is 7.91. The number of benzene rings is 2. The summed E-state index contributed by atoms with van der Waals surface area (Å²) in [4.78, 5) is 63.5. The van der Waals surface area contributed by atoms with E-state index in [9.17, 15) is 24.0 Å². The third kappa shape index (κ3) is 3.56. The number of halogens is 1. The lowest BCUT2D eigenvalue weighted by atomic mass is 9.71. The monoisotopic (exact) mass is 509 g/mol. The Morgan fingerprint density at radius 3 is 2.33 bits per heavy atom. The summed E-state index contributed by atoms with van der Waals surface area (Å²) in [5, 5.41) is 5.29. The molecule has 9 heteroatoms. The van der Waals surface area contributed by atoms with Crippen molar-refractivity contribution in [2.75, 3.05) is 0 Å². The number of piperidine rings is 1. The molecule has 5 rings (SSSR count). The Hall–Kier alpha value is -3.33. The number of nitrogens with one attached hydrogen (secondary N) is 2. The van der Waals surface area contributed by atoms with Crippen LogP contribution in [0.3, 0.4) is 0 Å². The first-order valence-corrected chi connectivity index (χ1v) is 11.5. The zero-order valence-corrected chi connectivity index (χ0v) is 19.1. The molecular formula is C24H20BrN3O5. The zero-order chi connectivity index (χ0) is 23.3. The zero-order valence-electron chi connectivity index (χ0n) is 17.5. The van der Waals surface area contributed by atoms with Gasteiger partial charge in [-0.3, -0.25) is 34.2 Å². The predicted octanol–water partition coefficient (Wildman–Crippen LogP) is 2.66. The van der Waals surface area contributed by atoms with Crippen molar-refractivity contribution >= 4 is 45.5 Å². The standard InChI is InChI=1S/C24H20BrN3O5/c25-15-5-3-14(4-6-15)24(10-1-11-24)27-20(30)13-2-7-16-17(12-13)23(33)28(22(16)32)18-8-9-19(29)26-21(18)31/h2-7,12,18H,1,8-11H2,(H,27,30)(H,26,29,31). The predicted molar refractivity (Wildman–Crippen MR) is 120 cm³/mol. The highest BCUT2D eigenvalue weighted by atomic mass is 79.9. The molecule has 0 bridgehead atoms. The average Bonchev–Trinajstić information content (AvgIpc) is 3.01. The van der Waals surface area contributed by atoms with Crippen LogP contribution < -0.4 is 10.6 Å². The summed E-state index contributed by atoms with van der Waals surface area (Å²) in [6.07, 6.45) is 2.75. The molecule has 2 aromatic carbocycles. The molecule has 33 heavy (non-hydrogen) atoms. The molecule has 168 valence electrons. The molecule has 0 spiro atoms. The number of imide groups is 2. The fraction of sp³-hybridized carbons (Fsp3) is 0.292. The van der Waals surface area contributed by atoms with E-state index in [-0.39, 0.29) is 35.4 Å². The largest absolute Gasteiger partial charge is 0.343 e. The lowest BCUT2D eigenvalue weighted by molar-refractivity contribution is -0.136. The van der Waals surface area contributed by atoms with E-state index >= 15 is 0 Å². The van der Waals surface area contributed by atoms with Crippen LogP contribution in [0.25, 0.3) is 0 Å². The average molecular weight is 510 g/mol. The van der Waals surface area contributed by atoms with Crippen LogP contribution >= 0.6 is 15.9 Å². The SMILES string of the molecule is O=C1CCC(N2C(=O)c3ccc(C(=O)NC4(c5ccc(Br)cc5)CCC4)cc3C2=O)C(=O)N1. The molecule has 5 amide bonds. The van der Waals surface area contributed by atoms with Crippen molar-refractivity contribution in [3.05, 3.63) is 69.2 Å². The van der Waals surface area contributed by atoms with Crippen molar-refractivity contribution in [3.63, 3.8) is 0 Å². The second-order valence-electron chi connectivity index (χ2n) is 8.60. The minimum Gasteiger partial charge on any atom is -0.343 e. The third-order valence-electron chi connectivity index (χ3n) is 6.66. The number of carbonyl (C=O) groups excluding carboxylic acids is 5. The van der Waals surface area contributed by atoms with Crippen LogP contribution in [-0.4, -0.2) is 40.5 Å². The van der Waals surface area contributed by atoms with Gasteiger partial charge in [-0.25, -0.2) is 0 Å². The molecule has 2 heterocycles. The van der Waals surface area contributed by atoms with Gasteiger partial charge in [0, 0.05) is 16.5 Å². The lowest BCUT2D eigenvalue weighted by Crippen LogP contribution is -2.54. The van der Waals surface area contributed by atoms with Crippen molar-refractivity contribution in [1.29, 1.82) is 0 Å². The summed E-state index contributed by atoms with van der Waals surface area (Å²) < 4.78 is 0.953. The first kappa shape index (κ1) is 21.5. The van der Waals surface area contributed by atoms with Gasteiger partial charge in [-0.05, 0) is 61.6 Å². The highest BCUT2D eigenvalue weighted by molar-refractivity contribution is 9.10. The highest BCUT2D eigenvalue weighted by Crippen LogP contribution is 2.42. The van der Waals surface area contributed by atoms with E-state index in [1.54, 1.807) is 0 Å². The lowest BCUT2D eigenvalue weighted by Gasteiger charge is -2.43. The summed E-state index contributed by atoms with van der Waals surface area (Å²) in [6, 6.07) is 11.2. The van der Waals surface area contributed by atoms with Crippen LogP contribution in [0.1, 0.15) is 68.7 Å². The molecule has 2 aliphatic heterocycles. The molecule has 2 N–H and O–H groups in total. The Kier molecular flexibility index (Phi) is 5.16. The smallest absolute Gasteiger partial charge is 0.262 e. The van der Waals surface area contributed by atoms with Gasteiger partial charge in [0.1, 0.15) is 6.04 Å². The Bertz CT molecular complexity index is 1220. The maximum Gasteiger partial charge on any atom is 0.262 e. The summed E-state index contributed by atoms with van der Waals surface area (Å²) in [5.41, 5.74) is 1.05. The number of carbonyl (C=O) groups is 5. The Labute approximate surface area is 197 Å². The number of hydrogen-bond donors (Lipinski definition) is 2. The van der Waals surface area contributed by atoms with E-state index < -0.39 is 35.2 Å². The van der Waals surface area contributed by atoms with Crippen molar-refractivity contribution in [2.45, 2.75) is 43.7 Å². The molecule has 2 fully saturated rings. The number of rotatable bonds is 4. The Morgan fingerprint density at radius 2 is 1.70 bits per heavy atom. The van der Waals surface area contributed by atoms with Gasteiger partial charge in [0.2, 0.25) is 11.8 Å². The second-order valence-corrected chi connectivity index (χ2v) is 9.52. The van der Waals surface area contributed by atoms with Gasteiger partial charge in [-0.2, -0.15) is 0 Å². The first-order valence-electron chi connectivity index (χ1n) is 10.7. The van der Waals surface area contributed by atoms with Crippen LogP contribution in [0, 0.1) is 0 Å². The molecule has 2 aromatic rings. The molecule has 8 nitrogen and oxygen atoms in total. The summed E-state index contributed by atoms with van der Waals surface area (Å²) >= 11 is 3.43. The molecule has 1 aliphatic carbocycles. The Morgan fingerprint density at radius 1 is 1.00 bits per heavy atom. The topological polar surface area (TPSA) is 113 Å².